The molecule has 5 heterocycles. The minimum Gasteiger partial charge on any atom is -0.367 e. The highest BCUT2D eigenvalue weighted by atomic mass is 32.1. The molecule has 0 aliphatic carbocycles. The second-order valence-electron chi connectivity index (χ2n) is 10.9. The van der Waals surface area contributed by atoms with Crippen molar-refractivity contribution in [2.75, 3.05) is 63.2 Å². The molecule has 0 saturated carbocycles. The molecule has 10 nitrogen and oxygen atoms in total. The van der Waals surface area contributed by atoms with E-state index in [0.717, 1.165) is 55.9 Å². The Hall–Kier alpha value is -4.08. The third-order valence-electron chi connectivity index (χ3n) is 8.32. The van der Waals surface area contributed by atoms with Crippen molar-refractivity contribution >= 4 is 44.9 Å². The van der Waals surface area contributed by atoms with Crippen LogP contribution in [0.2, 0.25) is 0 Å². The average molecular weight is 588 g/mol. The first kappa shape index (κ1) is 28.1. The number of amides is 1. The number of carbonyl (C=O) groups is 1. The van der Waals surface area contributed by atoms with E-state index in [2.05, 4.69) is 29.0 Å². The average Bonchev–Trinajstić information content (AvgIpc) is 3.63. The summed E-state index contributed by atoms with van der Waals surface area (Å²) in [6.07, 6.45) is 3.74. The number of piperazine rings is 1. The van der Waals surface area contributed by atoms with Crippen LogP contribution in [0.4, 0.5) is 21.0 Å². The highest BCUT2D eigenvalue weighted by Gasteiger charge is 2.30. The van der Waals surface area contributed by atoms with Crippen molar-refractivity contribution in [1.82, 2.24) is 29.5 Å². The van der Waals surface area contributed by atoms with Gasteiger partial charge in [-0.2, -0.15) is 10.4 Å². The van der Waals surface area contributed by atoms with Crippen LogP contribution in [0.1, 0.15) is 24.6 Å². The van der Waals surface area contributed by atoms with Crippen molar-refractivity contribution in [3.8, 4) is 17.3 Å². The molecular formula is C30H34FN9OS. The summed E-state index contributed by atoms with van der Waals surface area (Å²) in [5, 5.41) is 16.1. The monoisotopic (exact) mass is 587 g/mol. The summed E-state index contributed by atoms with van der Waals surface area (Å²) in [4.78, 5) is 31.6. The van der Waals surface area contributed by atoms with Gasteiger partial charge >= 0.3 is 0 Å². The van der Waals surface area contributed by atoms with E-state index in [-0.39, 0.29) is 11.7 Å². The molecule has 2 saturated heterocycles. The molecule has 0 spiro atoms. The number of likely N-dealkylation sites (tertiary alicyclic amines) is 1. The standard InChI is InChI=1S/C30H34FN9OS/c1-4-40-28(37(3)30-34-26(25(18-32)42-30)20-5-7-22(31)8-6-20)24-17-23(19-33-27(24)35-40)38-13-15-39(16-14-38)29(41)21-9-11-36(2)12-10-21/h5-8,17,19,21H,4,9-16H2,1-3H3. The number of fused-ring (bicyclic) bond motifs is 1. The summed E-state index contributed by atoms with van der Waals surface area (Å²) in [7, 11) is 4.03. The molecule has 6 rings (SSSR count). The van der Waals surface area contributed by atoms with Crippen LogP contribution >= 0.6 is 11.3 Å². The van der Waals surface area contributed by atoms with Crippen LogP contribution in [-0.2, 0) is 11.3 Å². The van der Waals surface area contributed by atoms with Crippen molar-refractivity contribution in [3.63, 3.8) is 0 Å². The Balaban J connectivity index is 1.24. The van der Waals surface area contributed by atoms with E-state index in [9.17, 15) is 14.4 Å². The van der Waals surface area contributed by atoms with Gasteiger partial charge in [0.1, 0.15) is 28.3 Å². The Morgan fingerprint density at radius 1 is 1.14 bits per heavy atom. The summed E-state index contributed by atoms with van der Waals surface area (Å²) in [6, 6.07) is 10.4. The van der Waals surface area contributed by atoms with Crippen LogP contribution in [0.3, 0.4) is 0 Å². The van der Waals surface area contributed by atoms with Crippen molar-refractivity contribution in [3.05, 3.63) is 47.2 Å². The molecule has 12 heteroatoms. The number of anilines is 3. The second-order valence-corrected chi connectivity index (χ2v) is 11.9. The zero-order valence-electron chi connectivity index (χ0n) is 24.1. The quantitative estimate of drug-likeness (QED) is 0.329. The van der Waals surface area contributed by atoms with E-state index in [1.54, 1.807) is 12.1 Å². The van der Waals surface area contributed by atoms with Gasteiger partial charge in [0.25, 0.3) is 0 Å². The third kappa shape index (κ3) is 5.30. The number of thiazole rings is 1. The lowest BCUT2D eigenvalue weighted by atomic mass is 9.95. The van der Waals surface area contributed by atoms with Gasteiger partial charge in [0.2, 0.25) is 5.91 Å². The van der Waals surface area contributed by atoms with Gasteiger partial charge in [0.15, 0.2) is 10.8 Å². The lowest BCUT2D eigenvalue weighted by Gasteiger charge is -2.38. The number of pyridine rings is 1. The summed E-state index contributed by atoms with van der Waals surface area (Å²) >= 11 is 1.29. The summed E-state index contributed by atoms with van der Waals surface area (Å²) in [5.41, 5.74) is 2.84. The molecule has 2 fully saturated rings. The maximum absolute atomic E-state index is 13.5. The van der Waals surface area contributed by atoms with E-state index < -0.39 is 0 Å². The Bertz CT molecular complexity index is 1630. The molecule has 42 heavy (non-hydrogen) atoms. The Labute approximate surface area is 248 Å². The molecule has 0 bridgehead atoms. The number of aromatic nitrogens is 4. The Morgan fingerprint density at radius 2 is 1.86 bits per heavy atom. The van der Waals surface area contributed by atoms with Gasteiger partial charge < -0.3 is 19.6 Å². The topological polar surface area (TPSA) is 97.4 Å². The molecule has 3 aromatic heterocycles. The number of nitrogens with zero attached hydrogens (tertiary/aromatic N) is 9. The largest absolute Gasteiger partial charge is 0.367 e. The number of hydrogen-bond acceptors (Lipinski definition) is 9. The predicted octanol–water partition coefficient (Wildman–Crippen LogP) is 4.34. The van der Waals surface area contributed by atoms with Gasteiger partial charge in [-0.05, 0) is 70.2 Å². The zero-order chi connectivity index (χ0) is 29.4. The first-order chi connectivity index (χ1) is 20.4. The van der Waals surface area contributed by atoms with Gasteiger partial charge in [0.05, 0.1) is 17.3 Å². The van der Waals surface area contributed by atoms with E-state index in [1.165, 1.54) is 23.5 Å². The van der Waals surface area contributed by atoms with Gasteiger partial charge in [-0.3, -0.25) is 4.79 Å². The third-order valence-corrected chi connectivity index (χ3v) is 9.35. The molecule has 218 valence electrons. The number of hydrogen-bond donors (Lipinski definition) is 0. The van der Waals surface area contributed by atoms with Crippen LogP contribution in [0.25, 0.3) is 22.3 Å². The summed E-state index contributed by atoms with van der Waals surface area (Å²) < 4.78 is 15.4. The maximum atomic E-state index is 13.5. The van der Waals surface area contributed by atoms with Gasteiger partial charge in [-0.1, -0.05) is 11.3 Å². The molecule has 1 amide bonds. The van der Waals surface area contributed by atoms with E-state index in [4.69, 9.17) is 15.1 Å². The van der Waals surface area contributed by atoms with E-state index in [1.807, 2.05) is 34.6 Å². The lowest BCUT2D eigenvalue weighted by molar-refractivity contribution is -0.137. The van der Waals surface area contributed by atoms with Crippen molar-refractivity contribution in [2.45, 2.75) is 26.3 Å². The maximum Gasteiger partial charge on any atom is 0.225 e. The summed E-state index contributed by atoms with van der Waals surface area (Å²) in [6.45, 7) is 7.52. The van der Waals surface area contributed by atoms with Crippen molar-refractivity contribution in [2.24, 2.45) is 5.92 Å². The summed E-state index contributed by atoms with van der Waals surface area (Å²) in [5.74, 6) is 0.933. The van der Waals surface area contributed by atoms with Crippen molar-refractivity contribution < 1.29 is 9.18 Å². The molecule has 2 aliphatic heterocycles. The molecule has 1 aromatic carbocycles. The Morgan fingerprint density at radius 3 is 2.52 bits per heavy atom. The minimum absolute atomic E-state index is 0.139. The minimum atomic E-state index is -0.336. The molecule has 0 atom stereocenters. The highest BCUT2D eigenvalue weighted by Crippen LogP contribution is 2.38. The first-order valence-electron chi connectivity index (χ1n) is 14.4. The van der Waals surface area contributed by atoms with Crippen LogP contribution in [0.15, 0.2) is 36.5 Å². The first-order valence-corrected chi connectivity index (χ1v) is 15.2. The molecule has 2 aliphatic rings. The molecule has 0 unspecified atom stereocenters. The number of nitriles is 1. The number of rotatable bonds is 6. The predicted molar refractivity (Wildman–Crippen MR) is 163 cm³/mol. The number of halogens is 1. The SMILES string of the molecule is CCn1nc2ncc(N3CCN(C(=O)C4CCN(C)CC4)CC3)cc2c1N(C)c1nc(-c2ccc(F)cc2)c(C#N)s1. The number of benzene rings is 1. The van der Waals surface area contributed by atoms with Gasteiger partial charge in [-0.25, -0.2) is 19.0 Å². The highest BCUT2D eigenvalue weighted by molar-refractivity contribution is 7.16. The smallest absolute Gasteiger partial charge is 0.225 e. The van der Waals surface area contributed by atoms with Gasteiger partial charge in [0, 0.05) is 51.3 Å². The Kier molecular flexibility index (Phi) is 7.79. The molecule has 0 N–H and O–H groups in total. The van der Waals surface area contributed by atoms with E-state index >= 15 is 0 Å². The normalized spacial score (nSPS) is 16.6. The van der Waals surface area contributed by atoms with Gasteiger partial charge in [-0.15, -0.1) is 0 Å². The van der Waals surface area contributed by atoms with Crippen molar-refractivity contribution in [1.29, 1.82) is 5.26 Å². The fourth-order valence-electron chi connectivity index (χ4n) is 5.86. The number of carbonyl (C=O) groups excluding carboxylic acids is 1. The van der Waals surface area contributed by atoms with Crippen LogP contribution < -0.4 is 9.80 Å². The lowest BCUT2D eigenvalue weighted by Crippen LogP contribution is -2.51. The van der Waals surface area contributed by atoms with Crippen LogP contribution in [-0.4, -0.2) is 88.8 Å². The fraction of sp³-hybridized carbons (Fsp3) is 0.433. The second kappa shape index (κ2) is 11.7. The molecule has 4 aromatic rings. The molecule has 0 radical (unpaired) electrons. The van der Waals surface area contributed by atoms with Crippen LogP contribution in [0.5, 0.6) is 0 Å². The van der Waals surface area contributed by atoms with Crippen LogP contribution in [0, 0.1) is 23.1 Å². The molecular weight excluding hydrogens is 553 g/mol. The zero-order valence-corrected chi connectivity index (χ0v) is 24.9. The number of aryl methyl sites for hydroxylation is 1. The number of piperidine rings is 1. The van der Waals surface area contributed by atoms with E-state index in [0.29, 0.717) is 52.5 Å². The fourth-order valence-corrected chi connectivity index (χ4v) is 6.71.